The number of para-hydroxylation sites is 2. The summed E-state index contributed by atoms with van der Waals surface area (Å²) in [6, 6.07) is 19.7. The number of piperidine rings is 1. The average Bonchev–Trinajstić information content (AvgIpc) is 2.91. The Morgan fingerprint density at radius 2 is 1.71 bits per heavy atom. The zero-order valence-electron chi connectivity index (χ0n) is 19.3. The molecule has 2 atom stereocenters. The number of ether oxygens (including phenoxy) is 2. The second kappa shape index (κ2) is 9.31. The molecule has 3 aromatic carbocycles. The predicted molar refractivity (Wildman–Crippen MR) is 131 cm³/mol. The molecule has 0 radical (unpaired) electrons. The Balaban J connectivity index is 1.40. The molecule has 0 unspecified atom stereocenters. The first-order valence-corrected chi connectivity index (χ1v) is 13.0. The monoisotopic (exact) mass is 494 g/mol. The lowest BCUT2D eigenvalue weighted by Gasteiger charge is -2.38. The molecule has 0 bridgehead atoms. The van der Waals surface area contributed by atoms with E-state index in [4.69, 9.17) is 9.47 Å². The molecule has 1 saturated heterocycles. The van der Waals surface area contributed by atoms with E-state index < -0.39 is 28.0 Å². The Kier molecular flexibility index (Phi) is 6.21. The van der Waals surface area contributed by atoms with Crippen molar-refractivity contribution >= 4 is 38.4 Å². The van der Waals surface area contributed by atoms with Crippen molar-refractivity contribution in [1.82, 2.24) is 4.31 Å². The van der Waals surface area contributed by atoms with Crippen molar-refractivity contribution in [3.05, 3.63) is 66.7 Å². The van der Waals surface area contributed by atoms with Crippen molar-refractivity contribution in [1.29, 1.82) is 0 Å². The summed E-state index contributed by atoms with van der Waals surface area (Å²) < 4.78 is 38.9. The third-order valence-electron chi connectivity index (χ3n) is 6.60. The van der Waals surface area contributed by atoms with E-state index in [0.29, 0.717) is 30.8 Å². The van der Waals surface area contributed by atoms with Crippen molar-refractivity contribution in [3.8, 4) is 5.75 Å². The van der Waals surface area contributed by atoms with Crippen LogP contribution in [0.15, 0.2) is 71.6 Å². The summed E-state index contributed by atoms with van der Waals surface area (Å²) >= 11 is 0. The second-order valence-electron chi connectivity index (χ2n) is 8.76. The number of anilines is 1. The molecule has 1 fully saturated rings. The first-order chi connectivity index (χ1) is 16.9. The van der Waals surface area contributed by atoms with E-state index in [1.807, 2.05) is 24.3 Å². The third-order valence-corrected chi connectivity index (χ3v) is 8.46. The molecule has 0 N–H and O–H groups in total. The zero-order chi connectivity index (χ0) is 24.6. The molecule has 2 aliphatic rings. The smallest absolute Gasteiger partial charge is 0.348 e. The number of hydrogen-bond donors (Lipinski definition) is 0. The van der Waals surface area contributed by atoms with E-state index in [1.165, 1.54) is 16.3 Å². The highest BCUT2D eigenvalue weighted by atomic mass is 32.2. The van der Waals surface area contributed by atoms with Crippen molar-refractivity contribution in [3.63, 3.8) is 0 Å². The van der Waals surface area contributed by atoms with Gasteiger partial charge in [-0.3, -0.25) is 4.79 Å². The van der Waals surface area contributed by atoms with E-state index in [9.17, 15) is 18.0 Å². The lowest BCUT2D eigenvalue weighted by molar-refractivity contribution is -0.148. The van der Waals surface area contributed by atoms with Gasteiger partial charge in [0.2, 0.25) is 22.0 Å². The number of rotatable bonds is 4. The van der Waals surface area contributed by atoms with Crippen molar-refractivity contribution < 1.29 is 27.5 Å². The topological polar surface area (TPSA) is 93.2 Å². The predicted octanol–water partition coefficient (Wildman–Crippen LogP) is 3.21. The lowest BCUT2D eigenvalue weighted by atomic mass is 9.97. The van der Waals surface area contributed by atoms with Gasteiger partial charge in [0.1, 0.15) is 5.75 Å². The maximum Gasteiger partial charge on any atom is 0.348 e. The van der Waals surface area contributed by atoms with Gasteiger partial charge in [-0.2, -0.15) is 4.31 Å². The van der Waals surface area contributed by atoms with E-state index in [2.05, 4.69) is 0 Å². The summed E-state index contributed by atoms with van der Waals surface area (Å²) in [6.07, 6.45) is 0.181. The molecular weight excluding hydrogens is 468 g/mol. The van der Waals surface area contributed by atoms with Gasteiger partial charge in [-0.25, -0.2) is 13.2 Å². The first kappa shape index (κ1) is 23.3. The summed E-state index contributed by atoms with van der Waals surface area (Å²) in [5.41, 5.74) is 0.562. The molecule has 9 heteroatoms. The first-order valence-electron chi connectivity index (χ1n) is 11.5. The Labute approximate surface area is 204 Å². The number of nitrogens with zero attached hydrogens (tertiary/aromatic N) is 2. The third kappa shape index (κ3) is 4.37. The summed E-state index contributed by atoms with van der Waals surface area (Å²) in [6.45, 7) is 0.441. The normalized spacial score (nSPS) is 20.7. The Morgan fingerprint density at radius 1 is 0.971 bits per heavy atom. The standard InChI is InChI=1S/C26H26N2O6S/c1-33-26(30)24-17-28(22-10-4-5-11-23(22)34-24)25(29)20-9-6-14-27(16-20)35(31,32)21-13-12-18-7-2-3-8-19(18)15-21/h2-5,7-8,10-13,15,20,24H,6,9,14,16-17H2,1H3/t20-,24+/m1/s1. The minimum Gasteiger partial charge on any atom is -0.475 e. The van der Waals surface area contributed by atoms with Crippen LogP contribution < -0.4 is 9.64 Å². The van der Waals surface area contributed by atoms with Crippen LogP contribution in [0.3, 0.4) is 0 Å². The molecule has 0 aliphatic carbocycles. The van der Waals surface area contributed by atoms with Crippen LogP contribution in [0.5, 0.6) is 5.75 Å². The SMILES string of the molecule is COC(=O)[C@@H]1CN(C(=O)[C@@H]2CCCN(S(=O)(=O)c3ccc4ccccc4c3)C2)c2ccccc2O1. The number of hydrogen-bond acceptors (Lipinski definition) is 6. The van der Waals surface area contributed by atoms with E-state index >= 15 is 0 Å². The van der Waals surface area contributed by atoms with Crippen LogP contribution in [0.2, 0.25) is 0 Å². The van der Waals surface area contributed by atoms with Gasteiger partial charge in [0.05, 0.1) is 30.2 Å². The lowest BCUT2D eigenvalue weighted by Crippen LogP contribution is -2.52. The van der Waals surface area contributed by atoms with Crippen molar-refractivity contribution in [2.24, 2.45) is 5.92 Å². The van der Waals surface area contributed by atoms with Crippen molar-refractivity contribution in [2.75, 3.05) is 31.6 Å². The number of carbonyl (C=O) groups excluding carboxylic acids is 2. The molecule has 0 spiro atoms. The van der Waals surface area contributed by atoms with Crippen LogP contribution in [-0.4, -0.2) is 57.4 Å². The molecule has 8 nitrogen and oxygen atoms in total. The maximum absolute atomic E-state index is 13.7. The number of sulfonamides is 1. The average molecular weight is 495 g/mol. The van der Waals surface area contributed by atoms with Gasteiger partial charge in [0.15, 0.2) is 0 Å². The van der Waals surface area contributed by atoms with Crippen LogP contribution in [0.1, 0.15) is 12.8 Å². The minimum atomic E-state index is -3.78. The van der Waals surface area contributed by atoms with Crippen LogP contribution in [0, 0.1) is 5.92 Å². The van der Waals surface area contributed by atoms with Gasteiger partial charge < -0.3 is 14.4 Å². The fourth-order valence-corrected chi connectivity index (χ4v) is 6.32. The second-order valence-corrected chi connectivity index (χ2v) is 10.7. The maximum atomic E-state index is 13.7. The molecule has 35 heavy (non-hydrogen) atoms. The Bertz CT molecular complexity index is 1390. The Hall–Kier alpha value is -3.43. The van der Waals surface area contributed by atoms with Gasteiger partial charge in [0, 0.05) is 13.1 Å². The highest BCUT2D eigenvalue weighted by molar-refractivity contribution is 7.89. The Morgan fingerprint density at radius 3 is 2.51 bits per heavy atom. The van der Waals surface area contributed by atoms with Gasteiger partial charge in [-0.1, -0.05) is 42.5 Å². The molecule has 2 heterocycles. The fourth-order valence-electron chi connectivity index (χ4n) is 4.76. The van der Waals surface area contributed by atoms with Gasteiger partial charge in [0.25, 0.3) is 0 Å². The molecule has 2 aliphatic heterocycles. The molecule has 0 saturated carbocycles. The summed E-state index contributed by atoms with van der Waals surface area (Å²) in [7, 11) is -2.50. The van der Waals surface area contributed by atoms with Crippen LogP contribution in [0.4, 0.5) is 5.69 Å². The zero-order valence-corrected chi connectivity index (χ0v) is 20.1. The van der Waals surface area contributed by atoms with Crippen LogP contribution >= 0.6 is 0 Å². The highest BCUT2D eigenvalue weighted by Gasteiger charge is 2.40. The van der Waals surface area contributed by atoms with Gasteiger partial charge >= 0.3 is 5.97 Å². The fraction of sp³-hybridized carbons (Fsp3) is 0.308. The van der Waals surface area contributed by atoms with E-state index in [-0.39, 0.29) is 23.9 Å². The summed E-state index contributed by atoms with van der Waals surface area (Å²) in [5, 5.41) is 1.81. The number of fused-ring (bicyclic) bond motifs is 2. The molecular formula is C26H26N2O6S. The number of benzene rings is 3. The summed E-state index contributed by atoms with van der Waals surface area (Å²) in [5.74, 6) is -0.920. The molecule has 182 valence electrons. The van der Waals surface area contributed by atoms with Crippen LogP contribution in [-0.2, 0) is 24.3 Å². The number of methoxy groups -OCH3 is 1. The number of esters is 1. The van der Waals surface area contributed by atoms with Gasteiger partial charge in [-0.15, -0.1) is 0 Å². The minimum absolute atomic E-state index is 0.0104. The number of carbonyl (C=O) groups is 2. The van der Waals surface area contributed by atoms with Gasteiger partial charge in [-0.05, 0) is 47.9 Å². The van der Waals surface area contributed by atoms with E-state index in [0.717, 1.165) is 10.8 Å². The molecule has 0 aromatic heterocycles. The molecule has 1 amide bonds. The quantitative estimate of drug-likeness (QED) is 0.517. The summed E-state index contributed by atoms with van der Waals surface area (Å²) in [4.78, 5) is 27.6. The van der Waals surface area contributed by atoms with Crippen LogP contribution in [0.25, 0.3) is 10.8 Å². The molecule has 5 rings (SSSR count). The van der Waals surface area contributed by atoms with E-state index in [1.54, 1.807) is 42.5 Å². The highest BCUT2D eigenvalue weighted by Crippen LogP contribution is 2.36. The number of amides is 1. The van der Waals surface area contributed by atoms with Crippen molar-refractivity contribution in [2.45, 2.75) is 23.8 Å². The molecule has 3 aromatic rings. The largest absolute Gasteiger partial charge is 0.475 e.